The fraction of sp³-hybridized carbons (Fsp3) is 0.304. The average molecular weight is 442 g/mol. The predicted octanol–water partition coefficient (Wildman–Crippen LogP) is 4.22. The van der Waals surface area contributed by atoms with Gasteiger partial charge in [0.1, 0.15) is 11.4 Å². The number of halogens is 2. The number of anilines is 2. The lowest BCUT2D eigenvalue weighted by Gasteiger charge is -2.29. The first-order valence-electron chi connectivity index (χ1n) is 10.3. The summed E-state index contributed by atoms with van der Waals surface area (Å²) in [6.45, 7) is 2.25. The molecule has 1 aromatic heterocycles. The van der Waals surface area contributed by atoms with Crippen molar-refractivity contribution in [1.82, 2.24) is 4.57 Å². The number of amides is 1. The molecule has 0 atom stereocenters. The van der Waals surface area contributed by atoms with Crippen LogP contribution < -0.4 is 15.6 Å². The van der Waals surface area contributed by atoms with Gasteiger partial charge < -0.3 is 19.5 Å². The smallest absolute Gasteiger partial charge is 0.261 e. The molecule has 2 aromatic carbocycles. The minimum absolute atomic E-state index is 0.0298. The Balaban J connectivity index is 1.61. The van der Waals surface area contributed by atoms with Gasteiger partial charge in [0.2, 0.25) is 5.43 Å². The van der Waals surface area contributed by atoms with Crippen molar-refractivity contribution >= 4 is 39.8 Å². The van der Waals surface area contributed by atoms with Crippen LogP contribution in [0.25, 0.3) is 10.9 Å². The van der Waals surface area contributed by atoms with Crippen molar-refractivity contribution in [2.75, 3.05) is 36.5 Å². The molecule has 0 bridgehead atoms. The Morgan fingerprint density at radius 1 is 1.16 bits per heavy atom. The van der Waals surface area contributed by atoms with Crippen LogP contribution >= 0.6 is 11.6 Å². The third-order valence-corrected chi connectivity index (χ3v) is 6.09. The molecule has 2 heterocycles. The van der Waals surface area contributed by atoms with Crippen molar-refractivity contribution in [1.29, 1.82) is 0 Å². The number of benzene rings is 2. The van der Waals surface area contributed by atoms with Crippen LogP contribution in [0.4, 0.5) is 15.8 Å². The second kappa shape index (κ2) is 7.98. The molecule has 1 saturated carbocycles. The maximum Gasteiger partial charge on any atom is 0.261 e. The van der Waals surface area contributed by atoms with Crippen molar-refractivity contribution in [3.8, 4) is 0 Å². The van der Waals surface area contributed by atoms with Gasteiger partial charge in [-0.1, -0.05) is 23.7 Å². The van der Waals surface area contributed by atoms with Gasteiger partial charge in [0, 0.05) is 30.7 Å². The van der Waals surface area contributed by atoms with Crippen molar-refractivity contribution < 1.29 is 13.9 Å². The molecule has 0 unspecified atom stereocenters. The van der Waals surface area contributed by atoms with Gasteiger partial charge in [0.25, 0.3) is 5.91 Å². The molecule has 3 aromatic rings. The average Bonchev–Trinajstić information content (AvgIpc) is 3.61. The highest BCUT2D eigenvalue weighted by molar-refractivity contribution is 6.33. The predicted molar refractivity (Wildman–Crippen MR) is 119 cm³/mol. The standard InChI is InChI=1S/C23H21ClFN3O3/c24-17-3-1-2-4-19(17)26-23(30)16-13-28(14-5-6-14)20-12-21(27-7-9-31-10-8-27)18(25)11-15(20)22(16)29/h1-4,11-14H,5-10H2,(H,26,30). The summed E-state index contributed by atoms with van der Waals surface area (Å²) in [6.07, 6.45) is 3.50. The first-order chi connectivity index (χ1) is 15.0. The zero-order valence-electron chi connectivity index (χ0n) is 16.7. The number of hydrogen-bond donors (Lipinski definition) is 1. The summed E-state index contributed by atoms with van der Waals surface area (Å²) in [6, 6.07) is 9.99. The monoisotopic (exact) mass is 441 g/mol. The van der Waals surface area contributed by atoms with E-state index in [1.54, 1.807) is 36.5 Å². The Morgan fingerprint density at radius 2 is 1.90 bits per heavy atom. The molecule has 1 saturated heterocycles. The molecule has 5 rings (SSSR count). The Bertz CT molecular complexity index is 1230. The first-order valence-corrected chi connectivity index (χ1v) is 10.7. The van der Waals surface area contributed by atoms with Gasteiger partial charge in [-0.3, -0.25) is 9.59 Å². The Kier molecular flexibility index (Phi) is 5.16. The number of ether oxygens (including phenoxy) is 1. The summed E-state index contributed by atoms with van der Waals surface area (Å²) >= 11 is 6.13. The second-order valence-electron chi connectivity index (χ2n) is 7.86. The lowest BCUT2D eigenvalue weighted by atomic mass is 10.1. The molecular weight excluding hydrogens is 421 g/mol. The number of carbonyl (C=O) groups excluding carboxylic acids is 1. The summed E-state index contributed by atoms with van der Waals surface area (Å²) in [5, 5.41) is 3.27. The van der Waals surface area contributed by atoms with Gasteiger partial charge in [0.15, 0.2) is 0 Å². The maximum atomic E-state index is 15.0. The molecular formula is C23H21ClFN3O3. The topological polar surface area (TPSA) is 63.6 Å². The van der Waals surface area contributed by atoms with Crippen molar-refractivity contribution in [3.05, 3.63) is 69.2 Å². The van der Waals surface area contributed by atoms with E-state index in [0.29, 0.717) is 48.2 Å². The molecule has 0 spiro atoms. The number of nitrogens with zero attached hydrogens (tertiary/aromatic N) is 2. The highest BCUT2D eigenvalue weighted by atomic mass is 35.5. The van der Waals surface area contributed by atoms with E-state index in [1.165, 1.54) is 6.07 Å². The number of nitrogens with one attached hydrogen (secondary N) is 1. The third kappa shape index (κ3) is 3.79. The Labute approximate surface area is 183 Å². The lowest BCUT2D eigenvalue weighted by molar-refractivity contribution is 0.102. The number of para-hydroxylation sites is 1. The van der Waals surface area contributed by atoms with Crippen LogP contribution in [-0.4, -0.2) is 36.8 Å². The van der Waals surface area contributed by atoms with E-state index in [1.807, 2.05) is 9.47 Å². The Morgan fingerprint density at radius 3 is 2.61 bits per heavy atom. The number of hydrogen-bond acceptors (Lipinski definition) is 4. The van der Waals surface area contributed by atoms with Crippen LogP contribution in [0.5, 0.6) is 0 Å². The first kappa shape index (κ1) is 20.0. The highest BCUT2D eigenvalue weighted by Crippen LogP contribution is 2.38. The van der Waals surface area contributed by atoms with E-state index in [0.717, 1.165) is 12.8 Å². The molecule has 1 N–H and O–H groups in total. The van der Waals surface area contributed by atoms with E-state index in [2.05, 4.69) is 5.32 Å². The summed E-state index contributed by atoms with van der Waals surface area (Å²) in [4.78, 5) is 28.0. The molecule has 1 aliphatic heterocycles. The zero-order valence-corrected chi connectivity index (χ0v) is 17.5. The largest absolute Gasteiger partial charge is 0.378 e. The quantitative estimate of drug-likeness (QED) is 0.658. The summed E-state index contributed by atoms with van der Waals surface area (Å²) in [5.74, 6) is -1.04. The van der Waals surface area contributed by atoms with E-state index >= 15 is 4.39 Å². The molecule has 1 amide bonds. The van der Waals surface area contributed by atoms with Crippen molar-refractivity contribution in [3.63, 3.8) is 0 Å². The van der Waals surface area contributed by atoms with E-state index in [-0.39, 0.29) is 17.0 Å². The van der Waals surface area contributed by atoms with E-state index in [4.69, 9.17) is 16.3 Å². The van der Waals surface area contributed by atoms with Crippen molar-refractivity contribution in [2.24, 2.45) is 0 Å². The number of morpholine rings is 1. The van der Waals surface area contributed by atoms with Gasteiger partial charge in [-0.2, -0.15) is 0 Å². The number of pyridine rings is 1. The minimum atomic E-state index is -0.563. The summed E-state index contributed by atoms with van der Waals surface area (Å²) in [5.41, 5.74) is 0.991. The molecule has 2 fully saturated rings. The van der Waals surface area contributed by atoms with Gasteiger partial charge in [-0.05, 0) is 37.1 Å². The Hall–Kier alpha value is -2.90. The van der Waals surface area contributed by atoms with Crippen LogP contribution in [0.15, 0.2) is 47.4 Å². The number of aromatic nitrogens is 1. The number of carbonyl (C=O) groups is 1. The van der Waals surface area contributed by atoms with Crippen LogP contribution in [0.2, 0.25) is 5.02 Å². The molecule has 1 aliphatic carbocycles. The summed E-state index contributed by atoms with van der Waals surface area (Å²) < 4.78 is 22.3. The number of fused-ring (bicyclic) bond motifs is 1. The van der Waals surface area contributed by atoms with E-state index in [9.17, 15) is 9.59 Å². The van der Waals surface area contributed by atoms with Gasteiger partial charge >= 0.3 is 0 Å². The van der Waals surface area contributed by atoms with Crippen LogP contribution in [0, 0.1) is 5.82 Å². The summed E-state index contributed by atoms with van der Waals surface area (Å²) in [7, 11) is 0. The highest BCUT2D eigenvalue weighted by Gasteiger charge is 2.28. The van der Waals surface area contributed by atoms with E-state index < -0.39 is 17.2 Å². The normalized spacial score (nSPS) is 16.5. The second-order valence-corrected chi connectivity index (χ2v) is 8.27. The fourth-order valence-corrected chi connectivity index (χ4v) is 4.16. The molecule has 8 heteroatoms. The lowest BCUT2D eigenvalue weighted by Crippen LogP contribution is -2.36. The fourth-order valence-electron chi connectivity index (χ4n) is 3.97. The SMILES string of the molecule is O=C(Nc1ccccc1Cl)c1cn(C2CC2)c2cc(N3CCOCC3)c(F)cc2c1=O. The zero-order chi connectivity index (χ0) is 21.5. The molecule has 31 heavy (non-hydrogen) atoms. The number of rotatable bonds is 4. The van der Waals surface area contributed by atoms with Crippen LogP contribution in [-0.2, 0) is 4.74 Å². The maximum absolute atomic E-state index is 15.0. The minimum Gasteiger partial charge on any atom is -0.378 e. The van der Waals surface area contributed by atoms with Gasteiger partial charge in [-0.15, -0.1) is 0 Å². The molecule has 160 valence electrons. The van der Waals surface area contributed by atoms with Gasteiger partial charge in [-0.25, -0.2) is 4.39 Å². The van der Waals surface area contributed by atoms with Crippen LogP contribution in [0.3, 0.4) is 0 Å². The third-order valence-electron chi connectivity index (χ3n) is 5.76. The molecule has 0 radical (unpaired) electrons. The molecule has 2 aliphatic rings. The van der Waals surface area contributed by atoms with Gasteiger partial charge in [0.05, 0.1) is 35.1 Å². The van der Waals surface area contributed by atoms with Crippen LogP contribution in [0.1, 0.15) is 29.2 Å². The van der Waals surface area contributed by atoms with Crippen molar-refractivity contribution in [2.45, 2.75) is 18.9 Å². The molecule has 6 nitrogen and oxygen atoms in total.